The van der Waals surface area contributed by atoms with Crippen molar-refractivity contribution in [2.45, 2.75) is 57.9 Å². The first-order chi connectivity index (χ1) is 8.12. The van der Waals surface area contributed by atoms with Crippen LogP contribution in [0.4, 0.5) is 0 Å². The summed E-state index contributed by atoms with van der Waals surface area (Å²) in [5.74, 6) is 0. The van der Waals surface area contributed by atoms with Crippen molar-refractivity contribution < 1.29 is 0 Å². The van der Waals surface area contributed by atoms with Crippen molar-refractivity contribution in [3.8, 4) is 0 Å². The van der Waals surface area contributed by atoms with Gasteiger partial charge in [-0.1, -0.05) is 45.0 Å². The fourth-order valence-electron chi connectivity index (χ4n) is 2.51. The van der Waals surface area contributed by atoms with Gasteiger partial charge < -0.3 is 5.32 Å². The van der Waals surface area contributed by atoms with Crippen LogP contribution in [0.3, 0.4) is 0 Å². The third kappa shape index (κ3) is 3.10. The van der Waals surface area contributed by atoms with Gasteiger partial charge in [-0.2, -0.15) is 0 Å². The molecular formula is C16H25N. The molecule has 0 aromatic heterocycles. The molecule has 1 aliphatic heterocycles. The Morgan fingerprint density at radius 1 is 1.24 bits per heavy atom. The predicted octanol–water partition coefficient (Wildman–Crippen LogP) is 3.67. The van der Waals surface area contributed by atoms with Crippen molar-refractivity contribution >= 4 is 0 Å². The van der Waals surface area contributed by atoms with E-state index in [9.17, 15) is 0 Å². The monoisotopic (exact) mass is 231 g/mol. The number of benzene rings is 1. The molecule has 0 aliphatic carbocycles. The zero-order valence-corrected chi connectivity index (χ0v) is 11.4. The van der Waals surface area contributed by atoms with E-state index in [1.165, 1.54) is 43.4 Å². The summed E-state index contributed by atoms with van der Waals surface area (Å²) in [5.41, 5.74) is 3.24. The second kappa shape index (κ2) is 5.22. The van der Waals surface area contributed by atoms with Gasteiger partial charge in [-0.3, -0.25) is 0 Å². The largest absolute Gasteiger partial charge is 0.314 e. The highest BCUT2D eigenvalue weighted by molar-refractivity contribution is 5.28. The van der Waals surface area contributed by atoms with Gasteiger partial charge in [0, 0.05) is 6.04 Å². The molecule has 1 saturated heterocycles. The average molecular weight is 231 g/mol. The van der Waals surface area contributed by atoms with Crippen LogP contribution >= 0.6 is 0 Å². The maximum absolute atomic E-state index is 3.56. The molecule has 1 N–H and O–H groups in total. The third-order valence-corrected chi connectivity index (χ3v) is 4.26. The van der Waals surface area contributed by atoms with Crippen molar-refractivity contribution in [1.29, 1.82) is 0 Å². The van der Waals surface area contributed by atoms with E-state index < -0.39 is 0 Å². The Bertz CT molecular complexity index is 344. The van der Waals surface area contributed by atoms with E-state index in [1.54, 1.807) is 0 Å². The van der Waals surface area contributed by atoms with E-state index in [0.29, 0.717) is 11.5 Å². The second-order valence-electron chi connectivity index (χ2n) is 5.93. The van der Waals surface area contributed by atoms with E-state index in [-0.39, 0.29) is 0 Å². The Morgan fingerprint density at radius 3 is 2.47 bits per heavy atom. The topological polar surface area (TPSA) is 12.0 Å². The number of nitrogens with one attached hydrogen (secondary N) is 1. The first kappa shape index (κ1) is 12.6. The van der Waals surface area contributed by atoms with Gasteiger partial charge in [0.15, 0.2) is 0 Å². The van der Waals surface area contributed by atoms with Gasteiger partial charge in [-0.05, 0) is 48.8 Å². The van der Waals surface area contributed by atoms with Crippen LogP contribution in [0.25, 0.3) is 0 Å². The minimum Gasteiger partial charge on any atom is -0.314 e. The number of hydrogen-bond acceptors (Lipinski definition) is 1. The van der Waals surface area contributed by atoms with Gasteiger partial charge in [0.25, 0.3) is 0 Å². The summed E-state index contributed by atoms with van der Waals surface area (Å²) in [6, 6.07) is 9.96. The fraction of sp³-hybridized carbons (Fsp3) is 0.625. The summed E-state index contributed by atoms with van der Waals surface area (Å²) in [6.45, 7) is 8.10. The molecule has 0 radical (unpaired) electrons. The summed E-state index contributed by atoms with van der Waals surface area (Å²) >= 11 is 0. The summed E-state index contributed by atoms with van der Waals surface area (Å²) in [6.07, 6.45) is 5.05. The molecule has 1 aromatic carbocycles. The molecular weight excluding hydrogens is 206 g/mol. The van der Waals surface area contributed by atoms with Crippen LogP contribution in [-0.4, -0.2) is 12.6 Å². The van der Waals surface area contributed by atoms with Crippen LogP contribution in [-0.2, 0) is 11.8 Å². The number of rotatable bonds is 4. The van der Waals surface area contributed by atoms with Gasteiger partial charge in [-0.15, -0.1) is 0 Å². The fourth-order valence-corrected chi connectivity index (χ4v) is 2.51. The lowest BCUT2D eigenvalue weighted by atomic mass is 9.82. The molecule has 1 atom stereocenters. The normalized spacial score (nSPS) is 20.8. The van der Waals surface area contributed by atoms with Crippen molar-refractivity contribution in [3.63, 3.8) is 0 Å². The maximum Gasteiger partial charge on any atom is 0.0108 e. The van der Waals surface area contributed by atoms with Crippen LogP contribution in [0, 0.1) is 0 Å². The molecule has 2 rings (SSSR count). The maximum atomic E-state index is 3.56. The van der Waals surface area contributed by atoms with Crippen LogP contribution < -0.4 is 5.32 Å². The van der Waals surface area contributed by atoms with Crippen LogP contribution in [0.5, 0.6) is 0 Å². The van der Waals surface area contributed by atoms with Gasteiger partial charge in [0.2, 0.25) is 0 Å². The molecule has 94 valence electrons. The molecule has 1 unspecified atom stereocenters. The molecule has 1 aromatic rings. The molecule has 0 bridgehead atoms. The van der Waals surface area contributed by atoms with Crippen molar-refractivity contribution in [2.75, 3.05) is 6.54 Å². The highest BCUT2D eigenvalue weighted by Gasteiger charge is 2.18. The van der Waals surface area contributed by atoms with Crippen molar-refractivity contribution in [2.24, 2.45) is 0 Å². The molecule has 0 amide bonds. The Balaban J connectivity index is 2.02. The summed E-state index contributed by atoms with van der Waals surface area (Å²) in [5, 5.41) is 3.56. The highest BCUT2D eigenvalue weighted by atomic mass is 14.9. The Kier molecular flexibility index (Phi) is 3.88. The SMILES string of the molecule is CCC(C)(C)c1ccc(CC2CCCN2)cc1. The quantitative estimate of drug-likeness (QED) is 0.833. The standard InChI is InChI=1S/C16H25N/c1-4-16(2,3)14-9-7-13(8-10-14)12-15-6-5-11-17-15/h7-10,15,17H,4-6,11-12H2,1-3H3. The highest BCUT2D eigenvalue weighted by Crippen LogP contribution is 2.27. The van der Waals surface area contributed by atoms with E-state index in [4.69, 9.17) is 0 Å². The lowest BCUT2D eigenvalue weighted by Gasteiger charge is -2.23. The first-order valence-corrected chi connectivity index (χ1v) is 6.94. The van der Waals surface area contributed by atoms with Crippen LogP contribution in [0.2, 0.25) is 0 Å². The summed E-state index contributed by atoms with van der Waals surface area (Å²) in [7, 11) is 0. The Labute approximate surface area is 106 Å². The van der Waals surface area contributed by atoms with Crippen LogP contribution in [0.15, 0.2) is 24.3 Å². The predicted molar refractivity (Wildman–Crippen MR) is 74.5 cm³/mol. The van der Waals surface area contributed by atoms with E-state index >= 15 is 0 Å². The summed E-state index contributed by atoms with van der Waals surface area (Å²) in [4.78, 5) is 0. The Morgan fingerprint density at radius 2 is 1.94 bits per heavy atom. The molecule has 1 heteroatoms. The molecule has 1 aliphatic rings. The molecule has 17 heavy (non-hydrogen) atoms. The lowest BCUT2D eigenvalue weighted by molar-refractivity contribution is 0.506. The molecule has 0 saturated carbocycles. The lowest BCUT2D eigenvalue weighted by Crippen LogP contribution is -2.23. The zero-order chi connectivity index (χ0) is 12.3. The summed E-state index contributed by atoms with van der Waals surface area (Å²) < 4.78 is 0. The average Bonchev–Trinajstić information content (AvgIpc) is 2.83. The van der Waals surface area contributed by atoms with E-state index in [1.807, 2.05) is 0 Å². The van der Waals surface area contributed by atoms with Gasteiger partial charge >= 0.3 is 0 Å². The van der Waals surface area contributed by atoms with Crippen molar-refractivity contribution in [3.05, 3.63) is 35.4 Å². The third-order valence-electron chi connectivity index (χ3n) is 4.26. The van der Waals surface area contributed by atoms with Crippen molar-refractivity contribution in [1.82, 2.24) is 5.32 Å². The van der Waals surface area contributed by atoms with Gasteiger partial charge in [0.05, 0.1) is 0 Å². The minimum atomic E-state index is 0.310. The zero-order valence-electron chi connectivity index (χ0n) is 11.4. The molecule has 0 spiro atoms. The molecule has 1 fully saturated rings. The van der Waals surface area contributed by atoms with Gasteiger partial charge in [-0.25, -0.2) is 0 Å². The van der Waals surface area contributed by atoms with Gasteiger partial charge in [0.1, 0.15) is 0 Å². The molecule has 1 nitrogen and oxygen atoms in total. The Hall–Kier alpha value is -0.820. The van der Waals surface area contributed by atoms with Crippen LogP contribution in [0.1, 0.15) is 51.2 Å². The van der Waals surface area contributed by atoms with E-state index in [2.05, 4.69) is 50.4 Å². The minimum absolute atomic E-state index is 0.310. The van der Waals surface area contributed by atoms with E-state index in [0.717, 1.165) is 0 Å². The first-order valence-electron chi connectivity index (χ1n) is 6.94. The smallest absolute Gasteiger partial charge is 0.0108 e. The molecule has 1 heterocycles. The number of hydrogen-bond donors (Lipinski definition) is 1. The second-order valence-corrected chi connectivity index (χ2v) is 5.93.